The lowest BCUT2D eigenvalue weighted by atomic mass is 10.2. The second-order valence-corrected chi connectivity index (χ2v) is 9.48. The highest BCUT2D eigenvalue weighted by Crippen LogP contribution is 2.40. The van der Waals surface area contributed by atoms with Gasteiger partial charge in [-0.1, -0.05) is 11.3 Å². The zero-order chi connectivity index (χ0) is 22.5. The molecule has 0 saturated carbocycles. The Kier molecular flexibility index (Phi) is 7.49. The van der Waals surface area contributed by atoms with Gasteiger partial charge >= 0.3 is 0 Å². The van der Waals surface area contributed by atoms with Gasteiger partial charge < -0.3 is 14.2 Å². The summed E-state index contributed by atoms with van der Waals surface area (Å²) < 4.78 is 30.7. The van der Waals surface area contributed by atoms with Crippen molar-refractivity contribution in [3.8, 4) is 11.5 Å². The Labute approximate surface area is 194 Å². The Morgan fingerprint density at radius 1 is 1.22 bits per heavy atom. The van der Waals surface area contributed by atoms with E-state index in [1.807, 2.05) is 12.1 Å². The lowest BCUT2D eigenvalue weighted by Crippen LogP contribution is -2.37. The number of carbonyl (C=O) groups is 1. The van der Waals surface area contributed by atoms with Crippen LogP contribution in [0, 0.1) is 5.82 Å². The van der Waals surface area contributed by atoms with Crippen molar-refractivity contribution in [2.45, 2.75) is 30.3 Å². The highest BCUT2D eigenvalue weighted by Gasteiger charge is 2.27. The van der Waals surface area contributed by atoms with Gasteiger partial charge in [-0.25, -0.2) is 9.37 Å². The van der Waals surface area contributed by atoms with E-state index in [-0.39, 0.29) is 17.8 Å². The standard InChI is InChI=1S/C23H25FN2O4S2/c1-28-18-9-10-19(29-2)22-21(18)25-23(32-22)26(14-16-4-3-12-30-16)20(27)11-13-31-17-7-5-15(24)6-8-17/h5-10,16H,3-4,11-14H2,1-2H3. The minimum Gasteiger partial charge on any atom is -0.495 e. The lowest BCUT2D eigenvalue weighted by Gasteiger charge is -2.23. The first-order valence-corrected chi connectivity index (χ1v) is 12.2. The Morgan fingerprint density at radius 2 is 1.97 bits per heavy atom. The van der Waals surface area contributed by atoms with Crippen molar-refractivity contribution in [3.05, 3.63) is 42.2 Å². The highest BCUT2D eigenvalue weighted by atomic mass is 32.2. The van der Waals surface area contributed by atoms with Gasteiger partial charge in [0, 0.05) is 23.7 Å². The quantitative estimate of drug-likeness (QED) is 0.398. The molecule has 1 saturated heterocycles. The van der Waals surface area contributed by atoms with Crippen LogP contribution in [0.4, 0.5) is 9.52 Å². The summed E-state index contributed by atoms with van der Waals surface area (Å²) in [5.41, 5.74) is 0.678. The number of aromatic nitrogens is 1. The number of fused-ring (bicyclic) bond motifs is 1. The summed E-state index contributed by atoms with van der Waals surface area (Å²) in [5.74, 6) is 1.63. The van der Waals surface area contributed by atoms with E-state index >= 15 is 0 Å². The zero-order valence-electron chi connectivity index (χ0n) is 18.0. The molecule has 0 radical (unpaired) electrons. The summed E-state index contributed by atoms with van der Waals surface area (Å²) >= 11 is 2.94. The Morgan fingerprint density at radius 3 is 2.66 bits per heavy atom. The number of amides is 1. The average Bonchev–Trinajstić information content (AvgIpc) is 3.48. The molecule has 1 amide bonds. The molecule has 1 aromatic heterocycles. The van der Waals surface area contributed by atoms with Crippen LogP contribution in [0.1, 0.15) is 19.3 Å². The molecule has 1 fully saturated rings. The molecule has 170 valence electrons. The molecule has 0 N–H and O–H groups in total. The van der Waals surface area contributed by atoms with Crippen LogP contribution in [-0.2, 0) is 9.53 Å². The van der Waals surface area contributed by atoms with Crippen LogP contribution in [-0.4, -0.2) is 50.1 Å². The fourth-order valence-corrected chi connectivity index (χ4v) is 5.53. The van der Waals surface area contributed by atoms with Gasteiger partial charge in [0.15, 0.2) is 5.13 Å². The molecular weight excluding hydrogens is 451 g/mol. The van der Waals surface area contributed by atoms with Crippen LogP contribution in [0.15, 0.2) is 41.3 Å². The predicted molar refractivity (Wildman–Crippen MR) is 126 cm³/mol. The van der Waals surface area contributed by atoms with Gasteiger partial charge in [-0.3, -0.25) is 9.69 Å². The van der Waals surface area contributed by atoms with Gasteiger partial charge in [-0.2, -0.15) is 0 Å². The van der Waals surface area contributed by atoms with Crippen LogP contribution in [0.3, 0.4) is 0 Å². The topological polar surface area (TPSA) is 60.9 Å². The number of benzene rings is 2. The summed E-state index contributed by atoms with van der Waals surface area (Å²) in [7, 11) is 3.21. The zero-order valence-corrected chi connectivity index (χ0v) is 19.6. The lowest BCUT2D eigenvalue weighted by molar-refractivity contribution is -0.118. The predicted octanol–water partition coefficient (Wildman–Crippen LogP) is 5.15. The molecule has 0 bridgehead atoms. The van der Waals surface area contributed by atoms with E-state index in [2.05, 4.69) is 0 Å². The number of anilines is 1. The van der Waals surface area contributed by atoms with Crippen molar-refractivity contribution in [1.82, 2.24) is 4.98 Å². The molecule has 1 unspecified atom stereocenters. The van der Waals surface area contributed by atoms with Crippen LogP contribution in [0.5, 0.6) is 11.5 Å². The SMILES string of the molecule is COc1ccc(OC)c2sc(N(CC3CCCO3)C(=O)CCSc3ccc(F)cc3)nc12. The van der Waals surface area contributed by atoms with Gasteiger partial charge in [-0.05, 0) is 49.2 Å². The summed E-state index contributed by atoms with van der Waals surface area (Å²) in [5, 5.41) is 0.607. The number of hydrogen-bond acceptors (Lipinski definition) is 7. The number of rotatable bonds is 9. The molecule has 0 spiro atoms. The first kappa shape index (κ1) is 22.8. The van der Waals surface area contributed by atoms with Crippen molar-refractivity contribution in [3.63, 3.8) is 0 Å². The van der Waals surface area contributed by atoms with Crippen molar-refractivity contribution in [1.29, 1.82) is 0 Å². The van der Waals surface area contributed by atoms with Crippen LogP contribution in [0.2, 0.25) is 0 Å². The van der Waals surface area contributed by atoms with Gasteiger partial charge in [-0.15, -0.1) is 11.8 Å². The van der Waals surface area contributed by atoms with Gasteiger partial charge in [0.2, 0.25) is 5.91 Å². The maximum absolute atomic E-state index is 13.3. The van der Waals surface area contributed by atoms with Crippen molar-refractivity contribution in [2.24, 2.45) is 0 Å². The van der Waals surface area contributed by atoms with E-state index in [1.165, 1.54) is 35.2 Å². The van der Waals surface area contributed by atoms with E-state index in [0.717, 1.165) is 22.4 Å². The normalized spacial score (nSPS) is 15.8. The largest absolute Gasteiger partial charge is 0.495 e. The molecule has 6 nitrogen and oxygen atoms in total. The number of carbonyl (C=O) groups excluding carboxylic acids is 1. The van der Waals surface area contributed by atoms with Crippen LogP contribution >= 0.6 is 23.1 Å². The van der Waals surface area contributed by atoms with E-state index in [0.29, 0.717) is 47.5 Å². The molecule has 2 aromatic carbocycles. The second kappa shape index (κ2) is 10.5. The van der Waals surface area contributed by atoms with Crippen molar-refractivity contribution in [2.75, 3.05) is 38.0 Å². The van der Waals surface area contributed by atoms with E-state index in [4.69, 9.17) is 19.2 Å². The third-order valence-electron chi connectivity index (χ3n) is 5.24. The van der Waals surface area contributed by atoms with Gasteiger partial charge in [0.1, 0.15) is 27.5 Å². The smallest absolute Gasteiger partial charge is 0.229 e. The minimum absolute atomic E-state index is 0.000458. The molecular formula is C23H25FN2O4S2. The highest BCUT2D eigenvalue weighted by molar-refractivity contribution is 7.99. The second-order valence-electron chi connectivity index (χ2n) is 7.34. The maximum Gasteiger partial charge on any atom is 0.229 e. The van der Waals surface area contributed by atoms with Crippen molar-refractivity contribution < 1.29 is 23.4 Å². The molecule has 2 heterocycles. The number of halogens is 1. The molecule has 4 rings (SSSR count). The number of methoxy groups -OCH3 is 2. The Balaban J connectivity index is 1.55. The minimum atomic E-state index is -0.269. The molecule has 3 aromatic rings. The fourth-order valence-electron chi connectivity index (χ4n) is 3.59. The summed E-state index contributed by atoms with van der Waals surface area (Å²) in [6.07, 6.45) is 2.25. The van der Waals surface area contributed by atoms with E-state index in [9.17, 15) is 9.18 Å². The molecule has 32 heavy (non-hydrogen) atoms. The third-order valence-corrected chi connectivity index (χ3v) is 7.35. The van der Waals surface area contributed by atoms with Crippen LogP contribution in [0.25, 0.3) is 10.2 Å². The number of hydrogen-bond donors (Lipinski definition) is 0. The first-order valence-electron chi connectivity index (χ1n) is 10.4. The average molecular weight is 477 g/mol. The maximum atomic E-state index is 13.3. The molecule has 1 aliphatic rings. The molecule has 1 atom stereocenters. The number of nitrogens with zero attached hydrogens (tertiary/aromatic N) is 2. The molecule has 0 aliphatic carbocycles. The molecule has 9 heteroatoms. The first-order chi connectivity index (χ1) is 15.6. The van der Waals surface area contributed by atoms with Crippen LogP contribution < -0.4 is 14.4 Å². The number of thioether (sulfide) groups is 1. The molecule has 1 aliphatic heterocycles. The summed E-state index contributed by atoms with van der Waals surface area (Å²) in [6.45, 7) is 1.18. The number of ether oxygens (including phenoxy) is 3. The Bertz CT molecular complexity index is 1030. The van der Waals surface area contributed by atoms with Gasteiger partial charge in [0.25, 0.3) is 0 Å². The van der Waals surface area contributed by atoms with E-state index in [1.54, 1.807) is 31.3 Å². The summed E-state index contributed by atoms with van der Waals surface area (Å²) in [6, 6.07) is 9.96. The number of thiazole rings is 1. The summed E-state index contributed by atoms with van der Waals surface area (Å²) in [4.78, 5) is 20.7. The Hall–Kier alpha value is -2.36. The van der Waals surface area contributed by atoms with E-state index < -0.39 is 0 Å². The third kappa shape index (κ3) is 5.16. The van der Waals surface area contributed by atoms with Gasteiger partial charge in [0.05, 0.1) is 26.9 Å². The monoisotopic (exact) mass is 476 g/mol. The van der Waals surface area contributed by atoms with Crippen molar-refractivity contribution >= 4 is 44.4 Å². The fraction of sp³-hybridized carbons (Fsp3) is 0.391.